The van der Waals surface area contributed by atoms with E-state index in [1.807, 2.05) is 0 Å². The first-order valence-electron chi connectivity index (χ1n) is 5.79. The highest BCUT2D eigenvalue weighted by Crippen LogP contribution is 2.27. The van der Waals surface area contributed by atoms with Crippen LogP contribution in [0.2, 0.25) is 0 Å². The Kier molecular flexibility index (Phi) is 4.75. The molecule has 0 atom stereocenters. The maximum atomic E-state index is 12.4. The van der Waals surface area contributed by atoms with Crippen LogP contribution in [0.25, 0.3) is 6.08 Å². The van der Waals surface area contributed by atoms with Crippen molar-refractivity contribution in [2.75, 3.05) is 6.61 Å². The summed E-state index contributed by atoms with van der Waals surface area (Å²) in [5.74, 6) is -0.469. The Labute approximate surface area is 109 Å². The van der Waals surface area contributed by atoms with E-state index in [0.29, 0.717) is 16.7 Å². The monoisotopic (exact) mass is 272 g/mol. The molecule has 2 nitrogen and oxygen atoms in total. The van der Waals surface area contributed by atoms with Crippen LogP contribution in [0.1, 0.15) is 35.3 Å². The Bertz CT molecular complexity index is 502. The van der Waals surface area contributed by atoms with Crippen LogP contribution >= 0.6 is 0 Å². The number of alkyl halides is 3. The molecule has 0 spiro atoms. The molecule has 0 aliphatic heterocycles. The number of ether oxygens (including phenoxy) is 1. The van der Waals surface area contributed by atoms with E-state index in [-0.39, 0.29) is 6.61 Å². The third kappa shape index (κ3) is 4.12. The minimum atomic E-state index is -4.34. The zero-order valence-corrected chi connectivity index (χ0v) is 11.0. The average Bonchev–Trinajstić information content (AvgIpc) is 2.27. The number of carbonyl (C=O) groups excluding carboxylic acids is 1. The van der Waals surface area contributed by atoms with Crippen molar-refractivity contribution in [1.29, 1.82) is 0 Å². The molecule has 0 saturated carbocycles. The first kappa shape index (κ1) is 15.3. The summed E-state index contributed by atoms with van der Waals surface area (Å²) in [5, 5.41) is 0. The van der Waals surface area contributed by atoms with Crippen molar-refractivity contribution in [1.82, 2.24) is 0 Å². The number of benzene rings is 1. The molecule has 0 unspecified atom stereocenters. The largest absolute Gasteiger partial charge is 0.462 e. The lowest BCUT2D eigenvalue weighted by atomic mass is 10.0. The number of rotatable bonds is 3. The Morgan fingerprint density at radius 1 is 1.37 bits per heavy atom. The quantitative estimate of drug-likeness (QED) is 0.773. The van der Waals surface area contributed by atoms with Gasteiger partial charge < -0.3 is 4.74 Å². The minimum absolute atomic E-state index is 0.257. The SMILES string of the molecule is CCOC(=O)c1ccc(C=C(C)C(F)(F)F)cc1C. The summed E-state index contributed by atoms with van der Waals surface area (Å²) in [5.41, 5.74) is 0.669. The molecule has 0 aliphatic rings. The number of carbonyl (C=O) groups is 1. The van der Waals surface area contributed by atoms with Crippen LogP contribution in [-0.4, -0.2) is 18.8 Å². The molecule has 0 N–H and O–H groups in total. The van der Waals surface area contributed by atoms with Crippen LogP contribution in [0.5, 0.6) is 0 Å². The third-order valence-electron chi connectivity index (χ3n) is 2.58. The first-order chi connectivity index (χ1) is 8.75. The van der Waals surface area contributed by atoms with Crippen molar-refractivity contribution < 1.29 is 22.7 Å². The number of halogens is 3. The van der Waals surface area contributed by atoms with Gasteiger partial charge in [-0.1, -0.05) is 12.1 Å². The molecule has 0 bridgehead atoms. The summed E-state index contributed by atoms with van der Waals surface area (Å²) in [6.45, 7) is 4.62. The van der Waals surface area contributed by atoms with Crippen LogP contribution < -0.4 is 0 Å². The van der Waals surface area contributed by atoms with Crippen molar-refractivity contribution in [3.63, 3.8) is 0 Å². The van der Waals surface area contributed by atoms with E-state index in [9.17, 15) is 18.0 Å². The Hall–Kier alpha value is -1.78. The van der Waals surface area contributed by atoms with Gasteiger partial charge in [0, 0.05) is 5.57 Å². The van der Waals surface area contributed by atoms with E-state index < -0.39 is 17.7 Å². The Morgan fingerprint density at radius 2 is 2.00 bits per heavy atom. The second-order valence-corrected chi connectivity index (χ2v) is 4.12. The minimum Gasteiger partial charge on any atom is -0.462 e. The van der Waals surface area contributed by atoms with Gasteiger partial charge in [0.25, 0.3) is 0 Å². The van der Waals surface area contributed by atoms with Crippen LogP contribution in [0.4, 0.5) is 13.2 Å². The van der Waals surface area contributed by atoms with Crippen LogP contribution in [-0.2, 0) is 4.74 Å². The number of aryl methyl sites for hydroxylation is 1. The maximum Gasteiger partial charge on any atom is 0.412 e. The summed E-state index contributed by atoms with van der Waals surface area (Å²) in [4.78, 5) is 11.5. The number of hydrogen-bond acceptors (Lipinski definition) is 2. The molecule has 1 rings (SSSR count). The molecule has 0 aromatic heterocycles. The molecule has 0 saturated heterocycles. The number of esters is 1. The van der Waals surface area contributed by atoms with Gasteiger partial charge in [0.15, 0.2) is 0 Å². The fraction of sp³-hybridized carbons (Fsp3) is 0.357. The van der Waals surface area contributed by atoms with Gasteiger partial charge in [0.1, 0.15) is 0 Å². The zero-order chi connectivity index (χ0) is 14.6. The van der Waals surface area contributed by atoms with Gasteiger partial charge in [-0.25, -0.2) is 4.79 Å². The van der Waals surface area contributed by atoms with Crippen molar-refractivity contribution in [3.05, 3.63) is 40.5 Å². The predicted octanol–water partition coefficient (Wildman–Crippen LogP) is 4.14. The maximum absolute atomic E-state index is 12.4. The molecule has 0 fully saturated rings. The highest BCUT2D eigenvalue weighted by Gasteiger charge is 2.29. The van der Waals surface area contributed by atoms with Crippen LogP contribution in [0.3, 0.4) is 0 Å². The number of hydrogen-bond donors (Lipinski definition) is 0. The highest BCUT2D eigenvalue weighted by atomic mass is 19.4. The van der Waals surface area contributed by atoms with Gasteiger partial charge >= 0.3 is 12.1 Å². The molecular weight excluding hydrogens is 257 g/mol. The van der Waals surface area contributed by atoms with E-state index in [1.54, 1.807) is 13.8 Å². The average molecular weight is 272 g/mol. The van der Waals surface area contributed by atoms with E-state index in [1.165, 1.54) is 18.2 Å². The van der Waals surface area contributed by atoms with Gasteiger partial charge in [0.2, 0.25) is 0 Å². The standard InChI is InChI=1S/C14H15F3O2/c1-4-19-13(18)12-6-5-11(7-9(12)2)8-10(3)14(15,16)17/h5-8H,4H2,1-3H3. The second kappa shape index (κ2) is 5.91. The van der Waals surface area contributed by atoms with Crippen molar-refractivity contribution in [2.24, 2.45) is 0 Å². The van der Waals surface area contributed by atoms with Crippen molar-refractivity contribution in [3.8, 4) is 0 Å². The fourth-order valence-corrected chi connectivity index (χ4v) is 1.55. The molecular formula is C14H15F3O2. The van der Waals surface area contributed by atoms with Crippen molar-refractivity contribution >= 4 is 12.0 Å². The van der Waals surface area contributed by atoms with Gasteiger partial charge in [0.05, 0.1) is 12.2 Å². The summed E-state index contributed by atoms with van der Waals surface area (Å²) < 4.78 is 42.1. The molecule has 104 valence electrons. The van der Waals surface area contributed by atoms with Gasteiger partial charge in [-0.3, -0.25) is 0 Å². The molecule has 0 amide bonds. The van der Waals surface area contributed by atoms with E-state index in [0.717, 1.165) is 13.0 Å². The molecule has 1 aromatic rings. The summed E-state index contributed by atoms with van der Waals surface area (Å²) >= 11 is 0. The normalized spacial score (nSPS) is 12.4. The Balaban J connectivity index is 3.04. The van der Waals surface area contributed by atoms with Gasteiger partial charge in [-0.05, 0) is 44.0 Å². The first-order valence-corrected chi connectivity index (χ1v) is 5.79. The van der Waals surface area contributed by atoms with E-state index in [2.05, 4.69) is 0 Å². The smallest absolute Gasteiger partial charge is 0.412 e. The van der Waals surface area contributed by atoms with Gasteiger partial charge in [-0.2, -0.15) is 13.2 Å². The number of allylic oxidation sites excluding steroid dienone is 1. The Morgan fingerprint density at radius 3 is 2.47 bits per heavy atom. The zero-order valence-electron chi connectivity index (χ0n) is 11.0. The summed E-state index contributed by atoms with van der Waals surface area (Å²) in [7, 11) is 0. The van der Waals surface area contributed by atoms with Crippen LogP contribution in [0.15, 0.2) is 23.8 Å². The lowest BCUT2D eigenvalue weighted by Gasteiger charge is -2.08. The molecule has 19 heavy (non-hydrogen) atoms. The van der Waals surface area contributed by atoms with E-state index >= 15 is 0 Å². The highest BCUT2D eigenvalue weighted by molar-refractivity contribution is 5.91. The van der Waals surface area contributed by atoms with Gasteiger partial charge in [-0.15, -0.1) is 0 Å². The molecule has 0 heterocycles. The third-order valence-corrected chi connectivity index (χ3v) is 2.58. The predicted molar refractivity (Wildman–Crippen MR) is 66.8 cm³/mol. The summed E-state index contributed by atoms with van der Waals surface area (Å²) in [6, 6.07) is 4.47. The molecule has 5 heteroatoms. The van der Waals surface area contributed by atoms with Crippen molar-refractivity contribution in [2.45, 2.75) is 26.9 Å². The lowest BCUT2D eigenvalue weighted by Crippen LogP contribution is -2.09. The summed E-state index contributed by atoms with van der Waals surface area (Å²) in [6.07, 6.45) is -3.30. The van der Waals surface area contributed by atoms with Crippen LogP contribution in [0, 0.1) is 6.92 Å². The molecule has 1 aromatic carbocycles. The fourth-order valence-electron chi connectivity index (χ4n) is 1.55. The lowest BCUT2D eigenvalue weighted by molar-refractivity contribution is -0.0903. The second-order valence-electron chi connectivity index (χ2n) is 4.12. The molecule has 0 aliphatic carbocycles. The molecule has 0 radical (unpaired) electrons. The topological polar surface area (TPSA) is 26.3 Å². The van der Waals surface area contributed by atoms with E-state index in [4.69, 9.17) is 4.74 Å².